The summed E-state index contributed by atoms with van der Waals surface area (Å²) in [6.07, 6.45) is 5.15. The van der Waals surface area contributed by atoms with E-state index in [0.29, 0.717) is 34.9 Å². The monoisotopic (exact) mass is 461 g/mol. The summed E-state index contributed by atoms with van der Waals surface area (Å²) in [5.41, 5.74) is 3.89. The van der Waals surface area contributed by atoms with Crippen molar-refractivity contribution in [1.82, 2.24) is 15.3 Å². The zero-order valence-corrected chi connectivity index (χ0v) is 19.5. The van der Waals surface area contributed by atoms with Gasteiger partial charge in [-0.3, -0.25) is 14.7 Å². The van der Waals surface area contributed by atoms with Crippen molar-refractivity contribution in [3.05, 3.63) is 65.2 Å². The van der Waals surface area contributed by atoms with Gasteiger partial charge in [-0.1, -0.05) is 6.07 Å². The average Bonchev–Trinajstić information content (AvgIpc) is 3.21. The molecule has 8 heteroatoms. The number of methoxy groups -OCH3 is 1. The molecule has 1 amide bonds. The summed E-state index contributed by atoms with van der Waals surface area (Å²) in [6.45, 7) is 2.91. The molecule has 0 spiro atoms. The number of nitrogens with zero attached hydrogens (tertiary/aromatic N) is 4. The van der Waals surface area contributed by atoms with Crippen LogP contribution in [0.4, 0.5) is 15.9 Å². The second-order valence-electron chi connectivity index (χ2n) is 8.61. The third-order valence-electron chi connectivity index (χ3n) is 6.53. The third kappa shape index (κ3) is 3.88. The summed E-state index contributed by atoms with van der Waals surface area (Å²) in [7, 11) is 3.39. The van der Waals surface area contributed by atoms with Gasteiger partial charge in [0.05, 0.1) is 36.3 Å². The van der Waals surface area contributed by atoms with E-state index in [4.69, 9.17) is 9.72 Å². The Morgan fingerprint density at radius 3 is 2.71 bits per heavy atom. The van der Waals surface area contributed by atoms with Gasteiger partial charge < -0.3 is 15.0 Å². The summed E-state index contributed by atoms with van der Waals surface area (Å²) in [4.78, 5) is 26.7. The van der Waals surface area contributed by atoms with Crippen LogP contribution >= 0.6 is 0 Å². The van der Waals surface area contributed by atoms with Crippen LogP contribution < -0.4 is 19.9 Å². The Bertz CT molecular complexity index is 1230. The molecule has 34 heavy (non-hydrogen) atoms. The minimum atomic E-state index is -0.438. The first-order valence-corrected chi connectivity index (χ1v) is 11.6. The molecule has 2 aliphatic heterocycles. The molecule has 0 unspecified atom stereocenters. The predicted molar refractivity (Wildman–Crippen MR) is 130 cm³/mol. The summed E-state index contributed by atoms with van der Waals surface area (Å²) < 4.78 is 20.2. The number of ether oxygens (including phenoxy) is 1. The number of pyridine rings is 2. The fourth-order valence-electron chi connectivity index (χ4n) is 4.89. The highest BCUT2D eigenvalue weighted by Crippen LogP contribution is 2.39. The fourth-order valence-corrected chi connectivity index (χ4v) is 4.89. The molecule has 7 nitrogen and oxygen atoms in total. The first kappa shape index (κ1) is 22.3. The van der Waals surface area contributed by atoms with Crippen LogP contribution in [0.3, 0.4) is 0 Å². The molecule has 4 heterocycles. The summed E-state index contributed by atoms with van der Waals surface area (Å²) in [5.74, 6) is 0.361. The SMILES string of the molecule is CNCc1nc(N2Cc3c(ccnc3-c3c(F)cccc3OC)C2=O)ccc1N1CCCCC1. The van der Waals surface area contributed by atoms with Crippen LogP contribution in [0.5, 0.6) is 5.75 Å². The number of amides is 1. The van der Waals surface area contributed by atoms with Crippen molar-refractivity contribution < 1.29 is 13.9 Å². The van der Waals surface area contributed by atoms with Crippen LogP contribution in [-0.4, -0.2) is 43.1 Å². The number of carbonyl (C=O) groups excluding carboxylic acids is 1. The van der Waals surface area contributed by atoms with Crippen molar-refractivity contribution in [1.29, 1.82) is 0 Å². The zero-order chi connectivity index (χ0) is 23.7. The van der Waals surface area contributed by atoms with Crippen molar-refractivity contribution in [3.8, 4) is 17.0 Å². The Morgan fingerprint density at radius 1 is 1.12 bits per heavy atom. The molecule has 0 bridgehead atoms. The van der Waals surface area contributed by atoms with Gasteiger partial charge in [-0.15, -0.1) is 0 Å². The van der Waals surface area contributed by atoms with Crippen molar-refractivity contribution >= 4 is 17.4 Å². The molecule has 5 rings (SSSR count). The lowest BCUT2D eigenvalue weighted by Crippen LogP contribution is -2.31. The molecule has 1 N–H and O–H groups in total. The van der Waals surface area contributed by atoms with E-state index in [1.807, 2.05) is 13.1 Å². The second-order valence-corrected chi connectivity index (χ2v) is 8.61. The fraction of sp³-hybridized carbons (Fsp3) is 0.346. The topological polar surface area (TPSA) is 70.6 Å². The molecular weight excluding hydrogens is 433 g/mol. The lowest BCUT2D eigenvalue weighted by molar-refractivity contribution is 0.0996. The molecule has 1 fully saturated rings. The minimum Gasteiger partial charge on any atom is -0.496 e. The minimum absolute atomic E-state index is 0.164. The summed E-state index contributed by atoms with van der Waals surface area (Å²) in [5, 5.41) is 3.20. The van der Waals surface area contributed by atoms with Gasteiger partial charge in [0, 0.05) is 37.0 Å². The van der Waals surface area contributed by atoms with Crippen LogP contribution in [0.15, 0.2) is 42.6 Å². The molecular formula is C26H28FN5O2. The average molecular weight is 462 g/mol. The Morgan fingerprint density at radius 2 is 1.94 bits per heavy atom. The van der Waals surface area contributed by atoms with E-state index in [-0.39, 0.29) is 18.0 Å². The van der Waals surface area contributed by atoms with Crippen LogP contribution in [-0.2, 0) is 13.1 Å². The summed E-state index contributed by atoms with van der Waals surface area (Å²) in [6, 6.07) is 10.3. The molecule has 1 aromatic carbocycles. The molecule has 2 aliphatic rings. The van der Waals surface area contributed by atoms with Gasteiger partial charge in [-0.2, -0.15) is 0 Å². The van der Waals surface area contributed by atoms with E-state index in [2.05, 4.69) is 21.3 Å². The van der Waals surface area contributed by atoms with Gasteiger partial charge in [0.25, 0.3) is 5.91 Å². The highest BCUT2D eigenvalue weighted by Gasteiger charge is 2.34. The lowest BCUT2D eigenvalue weighted by Gasteiger charge is -2.30. The van der Waals surface area contributed by atoms with Gasteiger partial charge >= 0.3 is 0 Å². The van der Waals surface area contributed by atoms with Crippen molar-refractivity contribution in [2.45, 2.75) is 32.4 Å². The lowest BCUT2D eigenvalue weighted by atomic mass is 10.0. The van der Waals surface area contributed by atoms with E-state index in [1.165, 1.54) is 32.4 Å². The largest absolute Gasteiger partial charge is 0.496 e. The van der Waals surface area contributed by atoms with Crippen LogP contribution in [0.2, 0.25) is 0 Å². The Hall–Kier alpha value is -3.52. The maximum atomic E-state index is 14.8. The number of benzene rings is 1. The molecule has 3 aromatic rings. The Balaban J connectivity index is 1.52. The zero-order valence-electron chi connectivity index (χ0n) is 19.5. The van der Waals surface area contributed by atoms with Crippen molar-refractivity contribution in [3.63, 3.8) is 0 Å². The Kier molecular flexibility index (Phi) is 6.15. The van der Waals surface area contributed by atoms with Crippen LogP contribution in [0, 0.1) is 5.82 Å². The molecule has 0 saturated carbocycles. The number of carbonyl (C=O) groups is 1. The molecule has 0 radical (unpaired) electrons. The van der Waals surface area contributed by atoms with Crippen molar-refractivity contribution in [2.75, 3.05) is 37.0 Å². The first-order chi connectivity index (χ1) is 16.6. The van der Waals surface area contributed by atoms with Crippen LogP contribution in [0.1, 0.15) is 40.9 Å². The normalized spacial score (nSPS) is 15.6. The van der Waals surface area contributed by atoms with E-state index in [9.17, 15) is 9.18 Å². The Labute approximate surface area is 198 Å². The maximum absolute atomic E-state index is 14.8. The van der Waals surface area contributed by atoms with E-state index < -0.39 is 5.82 Å². The number of piperidine rings is 1. The second kappa shape index (κ2) is 9.38. The molecule has 2 aromatic heterocycles. The number of hydrogen-bond acceptors (Lipinski definition) is 6. The molecule has 0 atom stereocenters. The van der Waals surface area contributed by atoms with E-state index >= 15 is 0 Å². The van der Waals surface area contributed by atoms with E-state index in [0.717, 1.165) is 24.5 Å². The smallest absolute Gasteiger partial charge is 0.260 e. The first-order valence-electron chi connectivity index (χ1n) is 11.6. The van der Waals surface area contributed by atoms with E-state index in [1.54, 1.807) is 29.3 Å². The quantitative estimate of drug-likeness (QED) is 0.595. The number of nitrogens with one attached hydrogen (secondary N) is 1. The highest BCUT2D eigenvalue weighted by molar-refractivity contribution is 6.10. The van der Waals surface area contributed by atoms with Gasteiger partial charge in [0.15, 0.2) is 0 Å². The van der Waals surface area contributed by atoms with Gasteiger partial charge in [0.1, 0.15) is 17.4 Å². The van der Waals surface area contributed by atoms with Gasteiger partial charge in [-0.25, -0.2) is 9.37 Å². The van der Waals surface area contributed by atoms with Crippen LogP contribution in [0.25, 0.3) is 11.3 Å². The third-order valence-corrected chi connectivity index (χ3v) is 6.53. The summed E-state index contributed by atoms with van der Waals surface area (Å²) >= 11 is 0. The number of hydrogen-bond donors (Lipinski definition) is 1. The number of fused-ring (bicyclic) bond motifs is 1. The standard InChI is InChI=1S/C26H28FN5O2/c1-28-15-20-21(31-13-4-3-5-14-31)9-10-23(30-20)32-16-18-17(26(32)33)11-12-29-25(18)24-19(27)7-6-8-22(24)34-2/h6-12,28H,3-5,13-16H2,1-2H3. The number of halogens is 1. The van der Waals surface area contributed by atoms with Gasteiger partial charge in [0.2, 0.25) is 0 Å². The molecule has 1 saturated heterocycles. The van der Waals surface area contributed by atoms with Crippen molar-refractivity contribution in [2.24, 2.45) is 0 Å². The highest BCUT2D eigenvalue weighted by atomic mass is 19.1. The number of anilines is 2. The molecule has 176 valence electrons. The number of rotatable bonds is 6. The number of aromatic nitrogens is 2. The predicted octanol–water partition coefficient (Wildman–Crippen LogP) is 4.16. The molecule has 0 aliphatic carbocycles. The maximum Gasteiger partial charge on any atom is 0.260 e. The van der Waals surface area contributed by atoms with Gasteiger partial charge in [-0.05, 0) is 56.6 Å².